The van der Waals surface area contributed by atoms with Gasteiger partial charge in [-0.15, -0.1) is 11.3 Å². The van der Waals surface area contributed by atoms with Crippen LogP contribution in [-0.2, 0) is 12.8 Å². The van der Waals surface area contributed by atoms with Gasteiger partial charge in [0.15, 0.2) is 0 Å². The lowest BCUT2D eigenvalue weighted by molar-refractivity contribution is 0.715. The summed E-state index contributed by atoms with van der Waals surface area (Å²) in [6, 6.07) is 0. The fourth-order valence-corrected chi connectivity index (χ4v) is 2.83. The van der Waals surface area contributed by atoms with E-state index in [0.717, 1.165) is 18.7 Å². The fraction of sp³-hybridized carbons (Fsp3) is 0.769. The number of hydrogen-bond acceptors (Lipinski definition) is 3. The second kappa shape index (κ2) is 7.66. The molecule has 0 bridgehead atoms. The molecule has 0 aromatic carbocycles. The van der Waals surface area contributed by atoms with E-state index in [1.165, 1.54) is 48.4 Å². The van der Waals surface area contributed by atoms with Crippen LogP contribution in [0.4, 0.5) is 5.82 Å². The number of nitrogens with zero attached hydrogens (tertiary/aromatic N) is 1. The van der Waals surface area contributed by atoms with Crippen molar-refractivity contribution in [3.05, 3.63) is 9.88 Å². The molecule has 0 saturated heterocycles. The molecule has 0 amide bonds. The van der Waals surface area contributed by atoms with E-state index in [1.807, 2.05) is 11.3 Å². The Kier molecular flexibility index (Phi) is 6.46. The van der Waals surface area contributed by atoms with Gasteiger partial charge in [0.05, 0.1) is 5.01 Å². The Hall–Kier alpha value is -0.570. The number of thiazole rings is 1. The summed E-state index contributed by atoms with van der Waals surface area (Å²) in [5.74, 6) is 0.785. The third-order valence-corrected chi connectivity index (χ3v) is 3.96. The van der Waals surface area contributed by atoms with Crippen LogP contribution in [0.15, 0.2) is 0 Å². The van der Waals surface area contributed by atoms with Crippen molar-refractivity contribution in [2.75, 3.05) is 5.73 Å². The topological polar surface area (TPSA) is 38.9 Å². The van der Waals surface area contributed by atoms with E-state index in [4.69, 9.17) is 5.73 Å². The Morgan fingerprint density at radius 1 is 1.00 bits per heavy atom. The zero-order chi connectivity index (χ0) is 11.8. The molecular weight excluding hydrogens is 216 g/mol. The maximum Gasteiger partial charge on any atom is 0.137 e. The van der Waals surface area contributed by atoms with Gasteiger partial charge in [-0.25, -0.2) is 4.98 Å². The molecule has 0 radical (unpaired) electrons. The lowest BCUT2D eigenvalue weighted by Crippen LogP contribution is -1.91. The smallest absolute Gasteiger partial charge is 0.137 e. The molecule has 1 aromatic heterocycles. The van der Waals surface area contributed by atoms with Crippen molar-refractivity contribution < 1.29 is 0 Å². The van der Waals surface area contributed by atoms with E-state index < -0.39 is 0 Å². The average molecular weight is 240 g/mol. The summed E-state index contributed by atoms with van der Waals surface area (Å²) < 4.78 is 0. The van der Waals surface area contributed by atoms with Crippen LogP contribution < -0.4 is 5.73 Å². The lowest BCUT2D eigenvalue weighted by Gasteiger charge is -1.96. The first-order chi connectivity index (χ1) is 7.77. The van der Waals surface area contributed by atoms with Crippen LogP contribution in [-0.4, -0.2) is 4.98 Å². The highest BCUT2D eigenvalue weighted by Gasteiger charge is 2.07. The molecule has 0 fully saturated rings. The Balaban J connectivity index is 2.39. The molecule has 16 heavy (non-hydrogen) atoms. The Labute approximate surface area is 103 Å². The third kappa shape index (κ3) is 4.52. The van der Waals surface area contributed by atoms with Gasteiger partial charge >= 0.3 is 0 Å². The molecule has 0 aliphatic heterocycles. The van der Waals surface area contributed by atoms with E-state index in [2.05, 4.69) is 18.8 Å². The number of anilines is 1. The van der Waals surface area contributed by atoms with Crippen molar-refractivity contribution in [2.24, 2.45) is 0 Å². The van der Waals surface area contributed by atoms with Crippen molar-refractivity contribution in [3.63, 3.8) is 0 Å². The first-order valence-electron chi connectivity index (χ1n) is 6.52. The first kappa shape index (κ1) is 13.5. The van der Waals surface area contributed by atoms with Gasteiger partial charge in [0.2, 0.25) is 0 Å². The molecule has 1 aromatic rings. The molecule has 1 heterocycles. The summed E-state index contributed by atoms with van der Waals surface area (Å²) in [4.78, 5) is 5.76. The number of hydrogen-bond donors (Lipinski definition) is 1. The maximum absolute atomic E-state index is 5.93. The lowest BCUT2D eigenvalue weighted by atomic mass is 10.2. The summed E-state index contributed by atoms with van der Waals surface area (Å²) in [6.45, 7) is 4.46. The largest absolute Gasteiger partial charge is 0.383 e. The van der Waals surface area contributed by atoms with Crippen molar-refractivity contribution in [1.82, 2.24) is 4.98 Å². The summed E-state index contributed by atoms with van der Waals surface area (Å²) in [6.07, 6.45) is 9.84. The number of rotatable bonds is 8. The summed E-state index contributed by atoms with van der Waals surface area (Å²) in [5, 5.41) is 1.23. The predicted molar refractivity (Wildman–Crippen MR) is 73.0 cm³/mol. The normalized spacial score (nSPS) is 10.9. The molecule has 0 unspecified atom stereocenters. The zero-order valence-electron chi connectivity index (χ0n) is 10.6. The van der Waals surface area contributed by atoms with Gasteiger partial charge in [0, 0.05) is 4.88 Å². The third-order valence-electron chi connectivity index (χ3n) is 2.77. The van der Waals surface area contributed by atoms with E-state index in [0.29, 0.717) is 0 Å². The Bertz CT molecular complexity index is 294. The van der Waals surface area contributed by atoms with E-state index in [-0.39, 0.29) is 0 Å². The molecule has 0 aliphatic carbocycles. The fourth-order valence-electron chi connectivity index (χ4n) is 1.76. The van der Waals surface area contributed by atoms with Gasteiger partial charge in [-0.05, 0) is 25.7 Å². The van der Waals surface area contributed by atoms with E-state index in [1.54, 1.807) is 0 Å². The molecule has 0 atom stereocenters. The van der Waals surface area contributed by atoms with Gasteiger partial charge in [-0.2, -0.15) is 0 Å². The molecule has 2 N–H and O–H groups in total. The maximum atomic E-state index is 5.93. The first-order valence-corrected chi connectivity index (χ1v) is 7.33. The minimum absolute atomic E-state index is 0.785. The van der Waals surface area contributed by atoms with Crippen molar-refractivity contribution in [3.8, 4) is 0 Å². The van der Waals surface area contributed by atoms with Crippen molar-refractivity contribution in [2.45, 2.75) is 65.2 Å². The van der Waals surface area contributed by atoms with Crippen LogP contribution in [0.25, 0.3) is 0 Å². The molecule has 92 valence electrons. The second-order valence-corrected chi connectivity index (χ2v) is 5.50. The molecule has 3 heteroatoms. The quantitative estimate of drug-likeness (QED) is 0.692. The predicted octanol–water partition coefficient (Wildman–Crippen LogP) is 4.19. The molecule has 0 aliphatic rings. The number of nitrogens with two attached hydrogens (primary N) is 1. The van der Waals surface area contributed by atoms with Gasteiger partial charge in [-0.1, -0.05) is 39.5 Å². The highest BCUT2D eigenvalue weighted by Crippen LogP contribution is 2.24. The van der Waals surface area contributed by atoms with Crippen LogP contribution in [0.2, 0.25) is 0 Å². The Morgan fingerprint density at radius 3 is 2.25 bits per heavy atom. The molecular formula is C13H24N2S. The second-order valence-electron chi connectivity index (χ2n) is 4.33. The zero-order valence-corrected chi connectivity index (χ0v) is 11.4. The minimum Gasteiger partial charge on any atom is -0.383 e. The van der Waals surface area contributed by atoms with Gasteiger partial charge in [0.25, 0.3) is 0 Å². The van der Waals surface area contributed by atoms with Crippen LogP contribution >= 0.6 is 11.3 Å². The van der Waals surface area contributed by atoms with Crippen LogP contribution in [0.1, 0.15) is 62.3 Å². The van der Waals surface area contributed by atoms with Crippen LogP contribution in [0.3, 0.4) is 0 Å². The standard InChI is InChI=1S/C13H24N2S/c1-3-5-7-9-11-13(14)15-12(16-11)10-8-6-4-2/h3-10,14H2,1-2H3. The van der Waals surface area contributed by atoms with Crippen LogP contribution in [0.5, 0.6) is 0 Å². The molecule has 0 spiro atoms. The van der Waals surface area contributed by atoms with Crippen molar-refractivity contribution >= 4 is 17.2 Å². The van der Waals surface area contributed by atoms with Gasteiger partial charge in [0.1, 0.15) is 5.82 Å². The highest BCUT2D eigenvalue weighted by molar-refractivity contribution is 7.12. The molecule has 0 saturated carbocycles. The number of aromatic nitrogens is 1. The average Bonchev–Trinajstić information content (AvgIpc) is 2.61. The Morgan fingerprint density at radius 2 is 1.62 bits per heavy atom. The van der Waals surface area contributed by atoms with Gasteiger partial charge < -0.3 is 5.73 Å². The molecule has 2 nitrogen and oxygen atoms in total. The van der Waals surface area contributed by atoms with Crippen LogP contribution in [0, 0.1) is 0 Å². The number of unbranched alkanes of at least 4 members (excludes halogenated alkanes) is 4. The minimum atomic E-state index is 0.785. The molecule has 1 rings (SSSR count). The summed E-state index contributed by atoms with van der Waals surface area (Å²) >= 11 is 1.82. The van der Waals surface area contributed by atoms with Crippen molar-refractivity contribution in [1.29, 1.82) is 0 Å². The monoisotopic (exact) mass is 240 g/mol. The number of aryl methyl sites for hydroxylation is 2. The highest BCUT2D eigenvalue weighted by atomic mass is 32.1. The van der Waals surface area contributed by atoms with Gasteiger partial charge in [-0.3, -0.25) is 0 Å². The SMILES string of the molecule is CCCCCc1nc(N)c(CCCCC)s1. The summed E-state index contributed by atoms with van der Waals surface area (Å²) in [7, 11) is 0. The number of nitrogen functional groups attached to an aromatic ring is 1. The van der Waals surface area contributed by atoms with E-state index >= 15 is 0 Å². The van der Waals surface area contributed by atoms with E-state index in [9.17, 15) is 0 Å². The summed E-state index contributed by atoms with van der Waals surface area (Å²) in [5.41, 5.74) is 5.93.